The minimum atomic E-state index is -1.03. The van der Waals surface area contributed by atoms with Crippen LogP contribution in [-0.4, -0.2) is 41.2 Å². The fourth-order valence-electron chi connectivity index (χ4n) is 3.19. The number of aliphatic carboxylic acids is 1. The van der Waals surface area contributed by atoms with Crippen LogP contribution in [0.5, 0.6) is 0 Å². The lowest BCUT2D eigenvalue weighted by Gasteiger charge is -2.36. The summed E-state index contributed by atoms with van der Waals surface area (Å²) in [7, 11) is 0. The Balaban J connectivity index is 2.33. The van der Waals surface area contributed by atoms with Crippen LogP contribution in [0.25, 0.3) is 0 Å². The topological polar surface area (TPSA) is 102 Å². The standard InChI is InChI=1S/C21H27NO6/c1-4-16(5-2)27-17-11-15(20(24)25)12-18(19(17)22-13(3)23)28-21(26)14-9-7-6-8-10-14/h6-10,12,15-17,19H,4-5,11H2,1-3H3,(H,22,23)(H,24,25). The molecule has 28 heavy (non-hydrogen) atoms. The monoisotopic (exact) mass is 389 g/mol. The van der Waals surface area contributed by atoms with Gasteiger partial charge < -0.3 is 19.9 Å². The van der Waals surface area contributed by atoms with Crippen LogP contribution < -0.4 is 5.32 Å². The van der Waals surface area contributed by atoms with E-state index in [9.17, 15) is 19.5 Å². The van der Waals surface area contributed by atoms with E-state index in [2.05, 4.69) is 5.32 Å². The molecule has 3 unspecified atom stereocenters. The van der Waals surface area contributed by atoms with E-state index in [0.717, 1.165) is 12.8 Å². The zero-order chi connectivity index (χ0) is 20.7. The summed E-state index contributed by atoms with van der Waals surface area (Å²) in [4.78, 5) is 35.9. The first-order valence-corrected chi connectivity index (χ1v) is 9.49. The highest BCUT2D eigenvalue weighted by Crippen LogP contribution is 2.29. The van der Waals surface area contributed by atoms with Gasteiger partial charge in [0.15, 0.2) is 0 Å². The molecule has 0 heterocycles. The Bertz CT molecular complexity index is 726. The predicted molar refractivity (Wildman–Crippen MR) is 103 cm³/mol. The number of ether oxygens (including phenoxy) is 2. The first-order chi connectivity index (χ1) is 13.3. The normalized spacial score (nSPS) is 21.7. The maximum Gasteiger partial charge on any atom is 0.343 e. The molecule has 1 aromatic rings. The minimum Gasteiger partial charge on any atom is -0.481 e. The molecule has 0 aromatic heterocycles. The zero-order valence-electron chi connectivity index (χ0n) is 16.4. The van der Waals surface area contributed by atoms with Gasteiger partial charge in [0.2, 0.25) is 5.91 Å². The van der Waals surface area contributed by atoms with E-state index < -0.39 is 30.0 Å². The smallest absolute Gasteiger partial charge is 0.343 e. The molecule has 152 valence electrons. The number of nitrogens with one attached hydrogen (secondary N) is 1. The quantitative estimate of drug-likeness (QED) is 0.663. The number of carbonyl (C=O) groups excluding carboxylic acids is 2. The second kappa shape index (κ2) is 10.0. The highest BCUT2D eigenvalue weighted by Gasteiger charge is 2.39. The average Bonchev–Trinajstić information content (AvgIpc) is 2.68. The first-order valence-electron chi connectivity index (χ1n) is 9.49. The number of rotatable bonds is 8. The van der Waals surface area contributed by atoms with Gasteiger partial charge in [0.1, 0.15) is 11.8 Å². The molecule has 1 aliphatic rings. The molecular formula is C21H27NO6. The van der Waals surface area contributed by atoms with Gasteiger partial charge in [-0.05, 0) is 37.5 Å². The Morgan fingerprint density at radius 2 is 1.82 bits per heavy atom. The van der Waals surface area contributed by atoms with Crippen LogP contribution in [0.3, 0.4) is 0 Å². The molecule has 1 aromatic carbocycles. The van der Waals surface area contributed by atoms with Gasteiger partial charge in [0.25, 0.3) is 0 Å². The fourth-order valence-corrected chi connectivity index (χ4v) is 3.19. The molecule has 0 fully saturated rings. The van der Waals surface area contributed by atoms with Gasteiger partial charge in [-0.2, -0.15) is 0 Å². The van der Waals surface area contributed by atoms with Crippen LogP contribution in [0, 0.1) is 5.92 Å². The van der Waals surface area contributed by atoms with E-state index in [1.807, 2.05) is 13.8 Å². The fraction of sp³-hybridized carbons (Fsp3) is 0.476. The summed E-state index contributed by atoms with van der Waals surface area (Å²) in [6.45, 7) is 5.31. The third-order valence-electron chi connectivity index (χ3n) is 4.70. The van der Waals surface area contributed by atoms with E-state index in [1.54, 1.807) is 30.3 Å². The van der Waals surface area contributed by atoms with Crippen molar-refractivity contribution in [3.05, 3.63) is 47.7 Å². The zero-order valence-corrected chi connectivity index (χ0v) is 16.4. The van der Waals surface area contributed by atoms with Crippen LogP contribution >= 0.6 is 0 Å². The number of carbonyl (C=O) groups is 3. The molecule has 0 radical (unpaired) electrons. The summed E-state index contributed by atoms with van der Waals surface area (Å²) in [5, 5.41) is 12.3. The molecule has 0 aliphatic heterocycles. The van der Waals surface area contributed by atoms with Gasteiger partial charge in [-0.3, -0.25) is 9.59 Å². The Morgan fingerprint density at radius 3 is 2.36 bits per heavy atom. The molecule has 0 bridgehead atoms. The number of amides is 1. The molecule has 1 aliphatic carbocycles. The van der Waals surface area contributed by atoms with Gasteiger partial charge in [-0.25, -0.2) is 4.79 Å². The highest BCUT2D eigenvalue weighted by molar-refractivity contribution is 5.90. The first kappa shape index (κ1) is 21.6. The number of benzene rings is 1. The predicted octanol–water partition coefficient (Wildman–Crippen LogP) is 2.91. The van der Waals surface area contributed by atoms with E-state index in [1.165, 1.54) is 13.0 Å². The summed E-state index contributed by atoms with van der Waals surface area (Å²) in [5.41, 5.74) is 0.333. The van der Waals surface area contributed by atoms with E-state index in [-0.39, 0.29) is 24.2 Å². The number of carboxylic acid groups (broad SMARTS) is 1. The number of esters is 1. The summed E-state index contributed by atoms with van der Waals surface area (Å²) < 4.78 is 11.6. The Labute approximate surface area is 164 Å². The molecule has 2 rings (SSSR count). The molecule has 0 spiro atoms. The molecule has 0 saturated carbocycles. The molecule has 0 saturated heterocycles. The lowest BCUT2D eigenvalue weighted by Crippen LogP contribution is -2.50. The van der Waals surface area contributed by atoms with Gasteiger partial charge in [-0.1, -0.05) is 32.0 Å². The molecule has 3 atom stereocenters. The molecule has 1 amide bonds. The van der Waals surface area contributed by atoms with Crippen molar-refractivity contribution >= 4 is 17.8 Å². The molecule has 7 nitrogen and oxygen atoms in total. The Morgan fingerprint density at radius 1 is 1.18 bits per heavy atom. The van der Waals surface area contributed by atoms with Crippen molar-refractivity contribution in [1.29, 1.82) is 0 Å². The van der Waals surface area contributed by atoms with Crippen molar-refractivity contribution in [2.45, 2.75) is 58.3 Å². The lowest BCUT2D eigenvalue weighted by molar-refractivity contribution is -0.143. The largest absolute Gasteiger partial charge is 0.481 e. The van der Waals surface area contributed by atoms with E-state index in [0.29, 0.717) is 5.56 Å². The van der Waals surface area contributed by atoms with Gasteiger partial charge >= 0.3 is 11.9 Å². The Kier molecular flexibility index (Phi) is 7.75. The molecular weight excluding hydrogens is 362 g/mol. The maximum atomic E-state index is 12.5. The third-order valence-corrected chi connectivity index (χ3v) is 4.70. The second-order valence-electron chi connectivity index (χ2n) is 6.80. The summed E-state index contributed by atoms with van der Waals surface area (Å²) in [5.74, 6) is -2.75. The summed E-state index contributed by atoms with van der Waals surface area (Å²) in [6.07, 6.45) is 2.37. The lowest BCUT2D eigenvalue weighted by atomic mass is 9.88. The van der Waals surface area contributed by atoms with Gasteiger partial charge in [0, 0.05) is 6.92 Å². The average molecular weight is 389 g/mol. The minimum absolute atomic E-state index is 0.0834. The molecule has 2 N–H and O–H groups in total. The summed E-state index contributed by atoms with van der Waals surface area (Å²) in [6, 6.07) is 7.66. The van der Waals surface area contributed by atoms with Crippen LogP contribution in [0.1, 0.15) is 50.4 Å². The van der Waals surface area contributed by atoms with Crippen molar-refractivity contribution in [3.8, 4) is 0 Å². The van der Waals surface area contributed by atoms with E-state index in [4.69, 9.17) is 9.47 Å². The van der Waals surface area contributed by atoms with Crippen molar-refractivity contribution in [1.82, 2.24) is 5.32 Å². The van der Waals surface area contributed by atoms with Crippen LogP contribution in [-0.2, 0) is 19.1 Å². The third kappa shape index (κ3) is 5.66. The van der Waals surface area contributed by atoms with Crippen molar-refractivity contribution in [2.24, 2.45) is 5.92 Å². The van der Waals surface area contributed by atoms with Gasteiger partial charge in [-0.15, -0.1) is 0 Å². The number of carboxylic acids is 1. The van der Waals surface area contributed by atoms with Gasteiger partial charge in [0.05, 0.1) is 23.7 Å². The van der Waals surface area contributed by atoms with Crippen LogP contribution in [0.4, 0.5) is 0 Å². The van der Waals surface area contributed by atoms with Crippen LogP contribution in [0.2, 0.25) is 0 Å². The Hall–Kier alpha value is -2.67. The summed E-state index contributed by atoms with van der Waals surface area (Å²) >= 11 is 0. The number of hydrogen-bond acceptors (Lipinski definition) is 5. The highest BCUT2D eigenvalue weighted by atomic mass is 16.5. The molecule has 7 heteroatoms. The van der Waals surface area contributed by atoms with Crippen molar-refractivity contribution in [3.63, 3.8) is 0 Å². The maximum absolute atomic E-state index is 12.5. The SMILES string of the molecule is CCC(CC)OC1CC(C(=O)O)C=C(OC(=O)c2ccccc2)C1NC(C)=O. The van der Waals surface area contributed by atoms with Crippen molar-refractivity contribution in [2.75, 3.05) is 0 Å². The number of hydrogen-bond donors (Lipinski definition) is 2. The second-order valence-corrected chi connectivity index (χ2v) is 6.80. The van der Waals surface area contributed by atoms with Crippen molar-refractivity contribution < 1.29 is 29.0 Å². The van der Waals surface area contributed by atoms with E-state index >= 15 is 0 Å². The van der Waals surface area contributed by atoms with Crippen LogP contribution in [0.15, 0.2) is 42.2 Å².